The summed E-state index contributed by atoms with van der Waals surface area (Å²) in [7, 11) is 0. The molecule has 0 atom stereocenters. The number of halogens is 1. The predicted molar refractivity (Wildman–Crippen MR) is 114 cm³/mol. The van der Waals surface area contributed by atoms with Gasteiger partial charge in [0.2, 0.25) is 0 Å². The van der Waals surface area contributed by atoms with Crippen LogP contribution in [0.3, 0.4) is 0 Å². The molecule has 1 amide bonds. The maximum absolute atomic E-state index is 14.4. The van der Waals surface area contributed by atoms with Gasteiger partial charge < -0.3 is 10.2 Å². The first kappa shape index (κ1) is 19.4. The van der Waals surface area contributed by atoms with Crippen molar-refractivity contribution in [2.45, 2.75) is 6.54 Å². The largest absolute Gasteiger partial charge is 0.350 e. The van der Waals surface area contributed by atoms with Gasteiger partial charge in [-0.3, -0.25) is 9.78 Å². The Morgan fingerprint density at radius 1 is 1.19 bits per heavy atom. The lowest BCUT2D eigenvalue weighted by Gasteiger charge is -2.24. The van der Waals surface area contributed by atoms with Gasteiger partial charge in [0.25, 0.3) is 5.91 Å². The van der Waals surface area contributed by atoms with Gasteiger partial charge in [-0.25, -0.2) is 23.7 Å². The average molecular weight is 429 g/mol. The third kappa shape index (κ3) is 3.26. The van der Waals surface area contributed by atoms with Crippen LogP contribution in [0.5, 0.6) is 0 Å². The van der Waals surface area contributed by atoms with E-state index in [2.05, 4.69) is 20.3 Å². The summed E-state index contributed by atoms with van der Waals surface area (Å²) in [5.41, 5.74) is 1.51. The highest BCUT2D eigenvalue weighted by Gasteiger charge is 2.24. The normalized spacial score (nSPS) is 13.4. The molecule has 0 saturated heterocycles. The van der Waals surface area contributed by atoms with Crippen molar-refractivity contribution in [2.24, 2.45) is 0 Å². The molecule has 9 nitrogen and oxygen atoms in total. The Balaban J connectivity index is 1.64. The monoisotopic (exact) mass is 429 g/mol. The number of aromatic nitrogens is 4. The van der Waals surface area contributed by atoms with E-state index in [1.807, 2.05) is 6.07 Å². The average Bonchev–Trinajstić information content (AvgIpc) is 3.06. The zero-order valence-corrected chi connectivity index (χ0v) is 16.7. The van der Waals surface area contributed by atoms with E-state index in [4.69, 9.17) is 5.26 Å². The van der Waals surface area contributed by atoms with Crippen LogP contribution in [-0.2, 0) is 6.54 Å². The molecule has 5 rings (SSSR count). The first-order valence-corrected chi connectivity index (χ1v) is 9.84. The lowest BCUT2D eigenvalue weighted by atomic mass is 10.1. The number of anilines is 1. The maximum Gasteiger partial charge on any atom is 0.333 e. The van der Waals surface area contributed by atoms with Gasteiger partial charge in [-0.05, 0) is 42.5 Å². The molecule has 0 aliphatic carbocycles. The second kappa shape index (κ2) is 7.63. The van der Waals surface area contributed by atoms with Gasteiger partial charge in [-0.15, -0.1) is 0 Å². The van der Waals surface area contributed by atoms with Gasteiger partial charge in [0.15, 0.2) is 5.65 Å². The van der Waals surface area contributed by atoms with E-state index in [9.17, 15) is 14.0 Å². The number of aromatic amines is 1. The number of hydrogen-bond acceptors (Lipinski definition) is 6. The Hall–Kier alpha value is -4.52. The number of carbonyl (C=O) groups excluding carboxylic acids is 1. The minimum atomic E-state index is -0.454. The third-order valence-corrected chi connectivity index (χ3v) is 5.29. The van der Waals surface area contributed by atoms with E-state index in [0.717, 1.165) is 0 Å². The quantitative estimate of drug-likeness (QED) is 0.513. The molecule has 1 aliphatic rings. The summed E-state index contributed by atoms with van der Waals surface area (Å²) >= 11 is 0. The molecule has 0 unspecified atom stereocenters. The van der Waals surface area contributed by atoms with Gasteiger partial charge in [0, 0.05) is 31.4 Å². The Morgan fingerprint density at radius 3 is 2.91 bits per heavy atom. The van der Waals surface area contributed by atoms with Crippen molar-refractivity contribution in [1.29, 1.82) is 5.26 Å². The highest BCUT2D eigenvalue weighted by molar-refractivity contribution is 5.99. The van der Waals surface area contributed by atoms with Gasteiger partial charge in [-0.1, -0.05) is 0 Å². The number of benzene rings is 1. The van der Waals surface area contributed by atoms with E-state index in [0.29, 0.717) is 52.6 Å². The molecular weight excluding hydrogens is 413 g/mol. The number of H-pyrrole nitrogens is 1. The van der Waals surface area contributed by atoms with Crippen molar-refractivity contribution >= 4 is 22.9 Å². The fraction of sp³-hybridized carbons (Fsp3) is 0.136. The number of hydrogen-bond donors (Lipinski definition) is 2. The zero-order chi connectivity index (χ0) is 22.2. The molecule has 10 heteroatoms. The molecular formula is C22H16FN7O2. The minimum absolute atomic E-state index is 0.101. The third-order valence-electron chi connectivity index (χ3n) is 5.29. The van der Waals surface area contributed by atoms with E-state index >= 15 is 0 Å². The molecule has 3 aromatic heterocycles. The standard InChI is InChI=1S/C22H16FN7O2/c23-16-5-3-13(11-24)10-14(16)12-29-9-8-26-21(31)15-4-6-18(27-20(15)29)30-17-2-1-7-25-19(17)28-22(30)32/h1-7,10H,8-9,12H2,(H,26,31)(H,25,28,32). The second-order valence-corrected chi connectivity index (χ2v) is 7.27. The van der Waals surface area contributed by atoms with Crippen LogP contribution in [0, 0.1) is 17.1 Å². The lowest BCUT2D eigenvalue weighted by molar-refractivity contribution is 0.0957. The summed E-state index contributed by atoms with van der Waals surface area (Å²) in [5.74, 6) is -0.131. The molecule has 0 spiro atoms. The van der Waals surface area contributed by atoms with Crippen molar-refractivity contribution in [3.05, 3.63) is 81.7 Å². The lowest BCUT2D eigenvalue weighted by Crippen LogP contribution is -2.30. The molecule has 4 aromatic rings. The molecule has 1 aromatic carbocycles. The van der Waals surface area contributed by atoms with Crippen LogP contribution < -0.4 is 15.9 Å². The van der Waals surface area contributed by atoms with Crippen molar-refractivity contribution in [3.63, 3.8) is 0 Å². The summed E-state index contributed by atoms with van der Waals surface area (Å²) < 4.78 is 15.8. The molecule has 158 valence electrons. The molecule has 1 aliphatic heterocycles. The van der Waals surface area contributed by atoms with Gasteiger partial charge in [0.05, 0.1) is 22.7 Å². The number of nitriles is 1. The fourth-order valence-electron chi connectivity index (χ4n) is 3.78. The number of carbonyl (C=O) groups is 1. The minimum Gasteiger partial charge on any atom is -0.350 e. The smallest absolute Gasteiger partial charge is 0.333 e. The Morgan fingerprint density at radius 2 is 2.06 bits per heavy atom. The second-order valence-electron chi connectivity index (χ2n) is 7.27. The number of fused-ring (bicyclic) bond motifs is 2. The number of nitrogens with one attached hydrogen (secondary N) is 2. The van der Waals surface area contributed by atoms with Crippen LogP contribution in [0.1, 0.15) is 21.5 Å². The fourth-order valence-corrected chi connectivity index (χ4v) is 3.78. The molecule has 0 radical (unpaired) electrons. The summed E-state index contributed by atoms with van der Waals surface area (Å²) in [4.78, 5) is 38.4. The molecule has 0 saturated carbocycles. The molecule has 32 heavy (non-hydrogen) atoms. The van der Waals surface area contributed by atoms with Crippen LogP contribution in [0.25, 0.3) is 17.0 Å². The number of rotatable bonds is 3. The van der Waals surface area contributed by atoms with Crippen molar-refractivity contribution in [1.82, 2.24) is 24.8 Å². The molecule has 0 fully saturated rings. The van der Waals surface area contributed by atoms with E-state index in [1.165, 1.54) is 22.8 Å². The highest BCUT2D eigenvalue weighted by atomic mass is 19.1. The van der Waals surface area contributed by atoms with E-state index in [1.54, 1.807) is 35.4 Å². The number of nitrogens with zero attached hydrogens (tertiary/aromatic N) is 5. The van der Waals surface area contributed by atoms with Crippen LogP contribution >= 0.6 is 0 Å². The Bertz CT molecular complexity index is 1470. The van der Waals surface area contributed by atoms with Gasteiger partial charge in [0.1, 0.15) is 17.5 Å². The van der Waals surface area contributed by atoms with E-state index in [-0.39, 0.29) is 12.5 Å². The number of pyridine rings is 2. The maximum atomic E-state index is 14.4. The Labute approximate surface area is 180 Å². The predicted octanol–water partition coefficient (Wildman–Crippen LogP) is 1.87. The zero-order valence-electron chi connectivity index (χ0n) is 16.7. The molecule has 2 N–H and O–H groups in total. The number of amides is 1. The summed E-state index contributed by atoms with van der Waals surface area (Å²) in [6.07, 6.45) is 1.57. The summed E-state index contributed by atoms with van der Waals surface area (Å²) in [5, 5.41) is 12.0. The van der Waals surface area contributed by atoms with Crippen molar-refractivity contribution in [3.8, 4) is 11.9 Å². The van der Waals surface area contributed by atoms with Gasteiger partial charge in [-0.2, -0.15) is 5.26 Å². The SMILES string of the molecule is N#Cc1ccc(F)c(CN2CCNC(=O)c3ccc(-n4c(=O)[nH]c5ncccc54)nc32)c1. The molecule has 4 heterocycles. The van der Waals surface area contributed by atoms with Crippen molar-refractivity contribution < 1.29 is 9.18 Å². The first-order valence-electron chi connectivity index (χ1n) is 9.84. The Kier molecular flexibility index (Phi) is 4.63. The van der Waals surface area contributed by atoms with Crippen LogP contribution in [-0.4, -0.2) is 38.5 Å². The first-order chi connectivity index (χ1) is 15.5. The molecule has 0 bridgehead atoms. The van der Waals surface area contributed by atoms with Crippen LogP contribution in [0.2, 0.25) is 0 Å². The van der Waals surface area contributed by atoms with Crippen molar-refractivity contribution in [2.75, 3.05) is 18.0 Å². The number of imidazole rings is 1. The van der Waals surface area contributed by atoms with E-state index < -0.39 is 11.5 Å². The van der Waals surface area contributed by atoms with Gasteiger partial charge >= 0.3 is 5.69 Å². The summed E-state index contributed by atoms with van der Waals surface area (Å²) in [6.45, 7) is 0.806. The van der Waals surface area contributed by atoms with Crippen LogP contribution in [0.4, 0.5) is 10.2 Å². The summed E-state index contributed by atoms with van der Waals surface area (Å²) in [6, 6.07) is 12.8. The highest BCUT2D eigenvalue weighted by Crippen LogP contribution is 2.25. The van der Waals surface area contributed by atoms with Crippen LogP contribution in [0.15, 0.2) is 53.5 Å². The topological polar surface area (TPSA) is 120 Å².